The monoisotopic (exact) mass is 377 g/mol. The fourth-order valence-corrected chi connectivity index (χ4v) is 2.90. The number of nitrogens with one attached hydrogen (secondary N) is 2. The number of nitrogens with zero attached hydrogens (tertiary/aromatic N) is 3. The minimum atomic E-state index is 0.0148. The Morgan fingerprint density at radius 2 is 2.00 bits per heavy atom. The summed E-state index contributed by atoms with van der Waals surface area (Å²) in [7, 11) is 1.63. The van der Waals surface area contributed by atoms with Crippen LogP contribution in [0.5, 0.6) is 5.75 Å². The van der Waals surface area contributed by atoms with Crippen LogP contribution in [0.25, 0.3) is 11.4 Å². The van der Waals surface area contributed by atoms with Crippen molar-refractivity contribution in [2.75, 3.05) is 33.3 Å². The summed E-state index contributed by atoms with van der Waals surface area (Å²) in [6.07, 6.45) is 0.356. The lowest BCUT2D eigenvalue weighted by Gasteiger charge is -2.18. The zero-order chi connectivity index (χ0) is 18.9. The minimum absolute atomic E-state index is 0.0148. The van der Waals surface area contributed by atoms with Gasteiger partial charge in [0.1, 0.15) is 5.75 Å². The summed E-state index contributed by atoms with van der Waals surface area (Å²) in [6, 6.07) is 7.59. The Kier molecular flexibility index (Phi) is 7.80. The number of hydrogen-bond donors (Lipinski definition) is 2. The van der Waals surface area contributed by atoms with Crippen LogP contribution in [-0.4, -0.2) is 58.9 Å². The maximum atomic E-state index is 12.1. The Hall–Kier alpha value is -2.19. The van der Waals surface area contributed by atoms with Crippen molar-refractivity contribution in [1.29, 1.82) is 0 Å². The third-order valence-electron chi connectivity index (χ3n) is 4.31. The van der Waals surface area contributed by atoms with Crippen molar-refractivity contribution in [2.24, 2.45) is 0 Å². The van der Waals surface area contributed by atoms with Gasteiger partial charge in [-0.2, -0.15) is 5.10 Å². The molecular formula is C18H27N5O2S. The Labute approximate surface area is 159 Å². The van der Waals surface area contributed by atoms with Crippen LogP contribution in [-0.2, 0) is 11.3 Å². The lowest BCUT2D eigenvalue weighted by atomic mass is 10.2. The molecule has 0 fully saturated rings. The normalized spacial score (nSPS) is 10.9. The van der Waals surface area contributed by atoms with E-state index in [2.05, 4.69) is 34.3 Å². The number of rotatable bonds is 10. The average molecular weight is 378 g/mol. The summed E-state index contributed by atoms with van der Waals surface area (Å²) in [5, 5.41) is 10.1. The second-order valence-corrected chi connectivity index (χ2v) is 6.25. The number of aromatic amines is 1. The fourth-order valence-electron chi connectivity index (χ4n) is 2.68. The van der Waals surface area contributed by atoms with Gasteiger partial charge in [0, 0.05) is 31.6 Å². The average Bonchev–Trinajstić information content (AvgIpc) is 3.04. The molecule has 8 heteroatoms. The third-order valence-corrected chi connectivity index (χ3v) is 4.63. The van der Waals surface area contributed by atoms with Gasteiger partial charge >= 0.3 is 0 Å². The van der Waals surface area contributed by atoms with E-state index in [-0.39, 0.29) is 5.91 Å². The second kappa shape index (κ2) is 10.1. The van der Waals surface area contributed by atoms with E-state index in [1.165, 1.54) is 0 Å². The highest BCUT2D eigenvalue weighted by atomic mass is 32.1. The molecule has 1 heterocycles. The first-order valence-electron chi connectivity index (χ1n) is 8.87. The number of ether oxygens (including phenoxy) is 1. The molecule has 0 bridgehead atoms. The summed E-state index contributed by atoms with van der Waals surface area (Å²) in [5.74, 6) is 1.51. The van der Waals surface area contributed by atoms with E-state index in [1.54, 1.807) is 7.11 Å². The van der Waals surface area contributed by atoms with Crippen LogP contribution in [0.2, 0.25) is 0 Å². The number of aromatic nitrogens is 3. The van der Waals surface area contributed by atoms with Crippen LogP contribution in [0, 0.1) is 4.77 Å². The number of carbonyl (C=O) groups excluding carboxylic acids is 1. The van der Waals surface area contributed by atoms with Gasteiger partial charge in [-0.15, -0.1) is 0 Å². The van der Waals surface area contributed by atoms with Gasteiger partial charge in [0.2, 0.25) is 5.91 Å². The van der Waals surface area contributed by atoms with Gasteiger partial charge in [-0.3, -0.25) is 14.5 Å². The molecule has 0 radical (unpaired) electrons. The standard InChI is InChI=1S/C18H27N5O2S/c1-4-22(5-2)13-11-19-16(24)10-12-23-17(20-21-18(23)26)14-6-8-15(25-3)9-7-14/h6-9H,4-5,10-13H2,1-3H3,(H,19,24)(H,21,26). The van der Waals surface area contributed by atoms with Crippen LogP contribution >= 0.6 is 12.2 Å². The molecule has 1 aromatic heterocycles. The van der Waals surface area contributed by atoms with Gasteiger partial charge in [-0.25, -0.2) is 0 Å². The molecule has 7 nitrogen and oxygen atoms in total. The maximum Gasteiger partial charge on any atom is 0.221 e. The molecule has 26 heavy (non-hydrogen) atoms. The topological polar surface area (TPSA) is 75.2 Å². The quantitative estimate of drug-likeness (QED) is 0.622. The summed E-state index contributed by atoms with van der Waals surface area (Å²) >= 11 is 5.31. The molecule has 2 aromatic rings. The van der Waals surface area contributed by atoms with Gasteiger partial charge in [-0.05, 0) is 49.6 Å². The van der Waals surface area contributed by atoms with Crippen molar-refractivity contribution in [1.82, 2.24) is 25.0 Å². The van der Waals surface area contributed by atoms with Gasteiger partial charge in [-0.1, -0.05) is 13.8 Å². The maximum absolute atomic E-state index is 12.1. The largest absolute Gasteiger partial charge is 0.497 e. The van der Waals surface area contributed by atoms with E-state index in [4.69, 9.17) is 17.0 Å². The molecule has 142 valence electrons. The van der Waals surface area contributed by atoms with E-state index in [0.717, 1.165) is 30.9 Å². The van der Waals surface area contributed by atoms with Gasteiger partial charge < -0.3 is 15.0 Å². The molecule has 0 saturated heterocycles. The number of benzene rings is 1. The van der Waals surface area contributed by atoms with Crippen molar-refractivity contribution < 1.29 is 9.53 Å². The van der Waals surface area contributed by atoms with Crippen LogP contribution in [0.1, 0.15) is 20.3 Å². The molecule has 0 aliphatic carbocycles. The van der Waals surface area contributed by atoms with E-state index >= 15 is 0 Å². The first-order chi connectivity index (χ1) is 12.6. The third kappa shape index (κ3) is 5.40. The molecule has 0 spiro atoms. The Morgan fingerprint density at radius 1 is 1.31 bits per heavy atom. The second-order valence-electron chi connectivity index (χ2n) is 5.86. The van der Waals surface area contributed by atoms with Gasteiger partial charge in [0.15, 0.2) is 10.6 Å². The van der Waals surface area contributed by atoms with Crippen molar-refractivity contribution >= 4 is 18.1 Å². The zero-order valence-corrected chi connectivity index (χ0v) is 16.4. The Morgan fingerprint density at radius 3 is 2.62 bits per heavy atom. The van der Waals surface area contributed by atoms with Crippen molar-refractivity contribution in [2.45, 2.75) is 26.8 Å². The molecule has 1 aromatic carbocycles. The lowest BCUT2D eigenvalue weighted by molar-refractivity contribution is -0.121. The predicted molar refractivity (Wildman–Crippen MR) is 105 cm³/mol. The molecule has 0 atom stereocenters. The van der Waals surface area contributed by atoms with Gasteiger partial charge in [0.05, 0.1) is 7.11 Å². The van der Waals surface area contributed by atoms with Crippen LogP contribution in [0.15, 0.2) is 24.3 Å². The Balaban J connectivity index is 1.94. The minimum Gasteiger partial charge on any atom is -0.497 e. The smallest absolute Gasteiger partial charge is 0.221 e. The highest BCUT2D eigenvalue weighted by molar-refractivity contribution is 7.71. The van der Waals surface area contributed by atoms with Gasteiger partial charge in [0.25, 0.3) is 0 Å². The van der Waals surface area contributed by atoms with Crippen molar-refractivity contribution in [3.8, 4) is 17.1 Å². The summed E-state index contributed by atoms with van der Waals surface area (Å²) in [6.45, 7) is 8.21. The van der Waals surface area contributed by atoms with E-state index < -0.39 is 0 Å². The molecule has 2 rings (SSSR count). The van der Waals surface area contributed by atoms with Crippen LogP contribution < -0.4 is 10.1 Å². The molecule has 0 saturated carbocycles. The molecule has 1 amide bonds. The first-order valence-corrected chi connectivity index (χ1v) is 9.28. The van der Waals surface area contributed by atoms with E-state index in [9.17, 15) is 4.79 Å². The van der Waals surface area contributed by atoms with E-state index in [1.807, 2.05) is 28.8 Å². The molecule has 0 unspecified atom stereocenters. The van der Waals surface area contributed by atoms with Crippen molar-refractivity contribution in [3.63, 3.8) is 0 Å². The van der Waals surface area contributed by atoms with Crippen molar-refractivity contribution in [3.05, 3.63) is 29.0 Å². The fraction of sp³-hybridized carbons (Fsp3) is 0.500. The highest BCUT2D eigenvalue weighted by Crippen LogP contribution is 2.21. The lowest BCUT2D eigenvalue weighted by Crippen LogP contribution is -2.35. The Bertz CT molecular complexity index is 750. The number of amides is 1. The van der Waals surface area contributed by atoms with Crippen LogP contribution in [0.4, 0.5) is 0 Å². The number of hydrogen-bond acceptors (Lipinski definition) is 5. The molecular weight excluding hydrogens is 350 g/mol. The van der Waals surface area contributed by atoms with Crippen LogP contribution in [0.3, 0.4) is 0 Å². The molecule has 0 aliphatic heterocycles. The number of methoxy groups -OCH3 is 1. The summed E-state index contributed by atoms with van der Waals surface area (Å²) < 4.78 is 7.53. The summed E-state index contributed by atoms with van der Waals surface area (Å²) in [5.41, 5.74) is 0.917. The SMILES string of the molecule is CCN(CC)CCNC(=O)CCn1c(-c2ccc(OC)cc2)n[nH]c1=S. The van der Waals surface area contributed by atoms with E-state index in [0.29, 0.717) is 30.1 Å². The zero-order valence-electron chi connectivity index (χ0n) is 15.6. The summed E-state index contributed by atoms with van der Waals surface area (Å²) in [4.78, 5) is 14.4. The molecule has 2 N–H and O–H groups in total. The number of H-pyrrole nitrogens is 1. The molecule has 0 aliphatic rings. The predicted octanol–water partition coefficient (Wildman–Crippen LogP) is 2.46. The number of carbonyl (C=O) groups is 1. The highest BCUT2D eigenvalue weighted by Gasteiger charge is 2.11. The number of likely N-dealkylation sites (N-methyl/N-ethyl adjacent to an activating group) is 1. The first kappa shape index (κ1) is 20.1.